The zero-order valence-corrected chi connectivity index (χ0v) is 8.45. The van der Waals surface area contributed by atoms with Crippen molar-refractivity contribution in [1.82, 2.24) is 14.8 Å². The lowest BCUT2D eigenvalue weighted by Gasteiger charge is -1.95. The number of aryl methyl sites for hydroxylation is 1. The van der Waals surface area contributed by atoms with Crippen LogP contribution in [0.5, 0.6) is 0 Å². The largest absolute Gasteiger partial charge is 0.266 e. The Bertz CT molecular complexity index is 477. The van der Waals surface area contributed by atoms with Crippen LogP contribution in [0.25, 0.3) is 11.4 Å². The summed E-state index contributed by atoms with van der Waals surface area (Å²) >= 11 is 1.51. The highest BCUT2D eigenvalue weighted by molar-refractivity contribution is 7.10. The normalized spacial score (nSPS) is 10.0. The summed E-state index contributed by atoms with van der Waals surface area (Å²) in [4.78, 5) is 4.34. The van der Waals surface area contributed by atoms with E-state index < -0.39 is 0 Å². The van der Waals surface area contributed by atoms with Gasteiger partial charge in [-0.1, -0.05) is 0 Å². The van der Waals surface area contributed by atoms with Crippen molar-refractivity contribution in [3.63, 3.8) is 0 Å². The molecule has 4 nitrogen and oxygen atoms in total. The average Bonchev–Trinajstić information content (AvgIpc) is 2.74. The Balaban J connectivity index is 2.35. The molecule has 2 heterocycles. The number of nitrogens with zero attached hydrogens (tertiary/aromatic N) is 4. The van der Waals surface area contributed by atoms with Gasteiger partial charge in [0.2, 0.25) is 0 Å². The van der Waals surface area contributed by atoms with E-state index in [1.807, 2.05) is 18.5 Å². The summed E-state index contributed by atoms with van der Waals surface area (Å²) in [6.07, 6.45) is 2.11. The molecule has 0 unspecified atom stereocenters. The van der Waals surface area contributed by atoms with Crippen molar-refractivity contribution in [1.29, 1.82) is 5.26 Å². The molecular formula is C9H8N4S. The molecule has 0 aliphatic heterocycles. The van der Waals surface area contributed by atoms with Crippen LogP contribution in [0.3, 0.4) is 0 Å². The summed E-state index contributed by atoms with van der Waals surface area (Å²) in [5.74, 6) is 0. The Morgan fingerprint density at radius 3 is 3.14 bits per heavy atom. The van der Waals surface area contributed by atoms with Crippen LogP contribution in [0, 0.1) is 11.3 Å². The van der Waals surface area contributed by atoms with Crippen LogP contribution in [0.15, 0.2) is 17.6 Å². The fourth-order valence-electron chi connectivity index (χ4n) is 1.20. The van der Waals surface area contributed by atoms with Gasteiger partial charge in [-0.15, -0.1) is 11.3 Å². The molecule has 0 spiro atoms. The summed E-state index contributed by atoms with van der Waals surface area (Å²) in [6.45, 7) is 0. The lowest BCUT2D eigenvalue weighted by atomic mass is 10.3. The maximum absolute atomic E-state index is 8.51. The first-order valence-electron chi connectivity index (χ1n) is 4.11. The van der Waals surface area contributed by atoms with Crippen molar-refractivity contribution >= 4 is 11.3 Å². The fourth-order valence-corrected chi connectivity index (χ4v) is 1.92. The van der Waals surface area contributed by atoms with Crippen molar-refractivity contribution in [2.24, 2.45) is 7.05 Å². The Morgan fingerprint density at radius 1 is 1.64 bits per heavy atom. The van der Waals surface area contributed by atoms with Crippen LogP contribution in [-0.2, 0) is 13.5 Å². The van der Waals surface area contributed by atoms with E-state index in [-0.39, 0.29) is 0 Å². The summed E-state index contributed by atoms with van der Waals surface area (Å²) in [6, 6.07) is 3.99. The second-order valence-corrected chi connectivity index (χ2v) is 3.74. The minimum absolute atomic E-state index is 0.377. The Morgan fingerprint density at radius 2 is 2.50 bits per heavy atom. The minimum Gasteiger partial charge on any atom is -0.266 e. The fraction of sp³-hybridized carbons (Fsp3) is 0.222. The van der Waals surface area contributed by atoms with Gasteiger partial charge in [0.1, 0.15) is 5.01 Å². The van der Waals surface area contributed by atoms with Gasteiger partial charge in [0.25, 0.3) is 0 Å². The Labute approximate surface area is 85.4 Å². The van der Waals surface area contributed by atoms with Gasteiger partial charge in [-0.2, -0.15) is 10.4 Å². The number of thiazole rings is 1. The summed E-state index contributed by atoms with van der Waals surface area (Å²) < 4.78 is 1.77. The van der Waals surface area contributed by atoms with Gasteiger partial charge < -0.3 is 0 Å². The number of nitriles is 1. The molecular weight excluding hydrogens is 196 g/mol. The molecule has 0 saturated heterocycles. The van der Waals surface area contributed by atoms with Crippen molar-refractivity contribution in [3.05, 3.63) is 22.7 Å². The number of aromatic nitrogens is 3. The number of hydrogen-bond acceptors (Lipinski definition) is 4. The minimum atomic E-state index is 0.377. The van der Waals surface area contributed by atoms with Crippen LogP contribution in [0.2, 0.25) is 0 Å². The lowest BCUT2D eigenvalue weighted by Crippen LogP contribution is -1.93. The number of rotatable bonds is 2. The molecule has 2 aromatic rings. The van der Waals surface area contributed by atoms with Gasteiger partial charge in [0.15, 0.2) is 0 Å². The van der Waals surface area contributed by atoms with E-state index in [0.29, 0.717) is 6.42 Å². The highest BCUT2D eigenvalue weighted by atomic mass is 32.1. The Kier molecular flexibility index (Phi) is 2.29. The molecule has 0 N–H and O–H groups in total. The van der Waals surface area contributed by atoms with Crippen molar-refractivity contribution in [3.8, 4) is 17.5 Å². The molecule has 0 saturated carbocycles. The molecule has 0 amide bonds. The van der Waals surface area contributed by atoms with Gasteiger partial charge in [-0.05, 0) is 6.07 Å². The molecule has 0 aliphatic rings. The van der Waals surface area contributed by atoms with Crippen LogP contribution < -0.4 is 0 Å². The van der Waals surface area contributed by atoms with Crippen LogP contribution in [0.1, 0.15) is 5.01 Å². The SMILES string of the molecule is Cn1nccc1-c1csc(CC#N)n1. The second-order valence-electron chi connectivity index (χ2n) is 2.80. The Hall–Kier alpha value is -1.67. The second kappa shape index (κ2) is 3.60. The first kappa shape index (κ1) is 8.91. The van der Waals surface area contributed by atoms with Crippen LogP contribution in [0.4, 0.5) is 0 Å². The number of hydrogen-bond donors (Lipinski definition) is 0. The topological polar surface area (TPSA) is 54.5 Å². The molecule has 0 aromatic carbocycles. The van der Waals surface area contributed by atoms with E-state index in [1.54, 1.807) is 10.9 Å². The lowest BCUT2D eigenvalue weighted by molar-refractivity contribution is 0.773. The third kappa shape index (κ3) is 1.52. The van der Waals surface area contributed by atoms with E-state index in [9.17, 15) is 0 Å². The predicted molar refractivity (Wildman–Crippen MR) is 53.6 cm³/mol. The molecule has 70 valence electrons. The molecule has 0 bridgehead atoms. The zero-order valence-electron chi connectivity index (χ0n) is 7.64. The maximum atomic E-state index is 8.51. The zero-order chi connectivity index (χ0) is 9.97. The molecule has 0 radical (unpaired) electrons. The van der Waals surface area contributed by atoms with Gasteiger partial charge in [-0.25, -0.2) is 4.98 Å². The summed E-state index contributed by atoms with van der Waals surface area (Å²) in [5, 5.41) is 15.4. The molecule has 0 aliphatic carbocycles. The van der Waals surface area contributed by atoms with Crippen molar-refractivity contribution in [2.45, 2.75) is 6.42 Å². The standard InChI is InChI=1S/C9H8N4S/c1-13-8(3-5-11-13)7-6-14-9(12-7)2-4-10/h3,5-6H,2H2,1H3. The third-order valence-corrected chi connectivity index (χ3v) is 2.71. The smallest absolute Gasteiger partial charge is 0.107 e. The van der Waals surface area contributed by atoms with Crippen molar-refractivity contribution < 1.29 is 0 Å². The first-order chi connectivity index (χ1) is 6.81. The van der Waals surface area contributed by atoms with Crippen LogP contribution in [-0.4, -0.2) is 14.8 Å². The maximum Gasteiger partial charge on any atom is 0.107 e. The van der Waals surface area contributed by atoms with Gasteiger partial charge >= 0.3 is 0 Å². The van der Waals surface area contributed by atoms with Crippen molar-refractivity contribution in [2.75, 3.05) is 0 Å². The molecule has 0 fully saturated rings. The van der Waals surface area contributed by atoms with Gasteiger partial charge in [-0.3, -0.25) is 4.68 Å². The van der Waals surface area contributed by atoms with Gasteiger partial charge in [0, 0.05) is 18.6 Å². The molecule has 5 heteroatoms. The average molecular weight is 204 g/mol. The summed E-state index contributed by atoms with van der Waals surface area (Å²) in [5.41, 5.74) is 1.87. The molecule has 2 aromatic heterocycles. The molecule has 0 atom stereocenters. The van der Waals surface area contributed by atoms with E-state index in [2.05, 4.69) is 16.2 Å². The van der Waals surface area contributed by atoms with E-state index in [4.69, 9.17) is 5.26 Å². The van der Waals surface area contributed by atoms with E-state index in [0.717, 1.165) is 16.4 Å². The monoisotopic (exact) mass is 204 g/mol. The van der Waals surface area contributed by atoms with E-state index in [1.165, 1.54) is 11.3 Å². The summed E-state index contributed by atoms with van der Waals surface area (Å²) in [7, 11) is 1.87. The highest BCUT2D eigenvalue weighted by Gasteiger charge is 2.06. The third-order valence-electron chi connectivity index (χ3n) is 1.87. The molecule has 14 heavy (non-hydrogen) atoms. The van der Waals surface area contributed by atoms with Gasteiger partial charge in [0.05, 0.1) is 23.9 Å². The predicted octanol–water partition coefficient (Wildman–Crippen LogP) is 1.61. The van der Waals surface area contributed by atoms with E-state index >= 15 is 0 Å². The van der Waals surface area contributed by atoms with Crippen LogP contribution >= 0.6 is 11.3 Å². The highest BCUT2D eigenvalue weighted by Crippen LogP contribution is 2.20. The molecule has 2 rings (SSSR count). The quantitative estimate of drug-likeness (QED) is 0.746. The first-order valence-corrected chi connectivity index (χ1v) is 4.99.